The first-order valence-electron chi connectivity index (χ1n) is 11.1. The predicted octanol–water partition coefficient (Wildman–Crippen LogP) is 3.01. The largest absolute Gasteiger partial charge is 0.362 e. The average molecular weight is 417 g/mol. The van der Waals surface area contributed by atoms with Crippen molar-refractivity contribution >= 4 is 34.7 Å². The molecule has 152 valence electrons. The van der Waals surface area contributed by atoms with Crippen LogP contribution in [0.2, 0.25) is 0 Å². The van der Waals surface area contributed by atoms with E-state index in [1.807, 2.05) is 0 Å². The highest BCUT2D eigenvalue weighted by molar-refractivity contribution is 7.80. The van der Waals surface area contributed by atoms with E-state index in [0.717, 1.165) is 28.6 Å². The lowest BCUT2D eigenvalue weighted by molar-refractivity contribution is 0.431. The summed E-state index contributed by atoms with van der Waals surface area (Å²) in [6.45, 7) is 0.930. The van der Waals surface area contributed by atoms with Crippen molar-refractivity contribution in [1.82, 2.24) is 21.3 Å². The summed E-state index contributed by atoms with van der Waals surface area (Å²) in [6.07, 6.45) is 18.3. The maximum atomic E-state index is 5.65. The van der Waals surface area contributed by atoms with E-state index in [4.69, 9.17) is 24.4 Å². The van der Waals surface area contributed by atoms with Crippen molar-refractivity contribution in [2.75, 3.05) is 6.54 Å². The first-order valence-corrected chi connectivity index (χ1v) is 11.9. The molecular weight excluding hydrogens is 384 g/mol. The number of nitrogens with one attached hydrogen (secondary N) is 4. The van der Waals surface area contributed by atoms with Gasteiger partial charge in [-0.2, -0.15) is 0 Å². The van der Waals surface area contributed by atoms with Crippen LogP contribution in [0.1, 0.15) is 44.9 Å². The van der Waals surface area contributed by atoms with Gasteiger partial charge in [0.15, 0.2) is 10.2 Å². The highest BCUT2D eigenvalue weighted by atomic mass is 32.1. The minimum absolute atomic E-state index is 0.454. The van der Waals surface area contributed by atoms with Crippen LogP contribution in [0, 0.1) is 29.6 Å². The lowest BCUT2D eigenvalue weighted by Crippen LogP contribution is -2.50. The second kappa shape index (κ2) is 7.94. The highest BCUT2D eigenvalue weighted by Gasteiger charge is 2.37. The van der Waals surface area contributed by atoms with Crippen molar-refractivity contribution in [3.8, 4) is 0 Å². The van der Waals surface area contributed by atoms with Crippen LogP contribution in [0.4, 0.5) is 0 Å². The molecule has 4 bridgehead atoms. The van der Waals surface area contributed by atoms with Gasteiger partial charge in [-0.3, -0.25) is 0 Å². The minimum atomic E-state index is 0.454. The molecule has 0 amide bonds. The van der Waals surface area contributed by atoms with Crippen molar-refractivity contribution in [2.45, 2.75) is 63.1 Å². The molecule has 3 saturated carbocycles. The molecule has 3 fully saturated rings. The fraction of sp³-hybridized carbons (Fsp3) is 0.727. The van der Waals surface area contributed by atoms with Gasteiger partial charge in [-0.15, -0.1) is 0 Å². The van der Waals surface area contributed by atoms with Gasteiger partial charge in [-0.05, 0) is 92.6 Å². The molecule has 0 aromatic heterocycles. The molecule has 0 aromatic carbocycles. The van der Waals surface area contributed by atoms with Crippen molar-refractivity contribution in [1.29, 1.82) is 0 Å². The van der Waals surface area contributed by atoms with Gasteiger partial charge >= 0.3 is 0 Å². The summed E-state index contributed by atoms with van der Waals surface area (Å²) in [7, 11) is 0. The molecule has 0 unspecified atom stereocenters. The number of allylic oxidation sites excluding steroid dienone is 2. The Hall–Kier alpha value is -1.14. The third-order valence-corrected chi connectivity index (χ3v) is 8.19. The van der Waals surface area contributed by atoms with Gasteiger partial charge in [0, 0.05) is 24.7 Å². The quantitative estimate of drug-likeness (QED) is 0.408. The van der Waals surface area contributed by atoms with E-state index >= 15 is 0 Å². The Balaban J connectivity index is 1.05. The maximum Gasteiger partial charge on any atom is 0.166 e. The van der Waals surface area contributed by atoms with E-state index in [2.05, 4.69) is 45.6 Å². The molecule has 0 radical (unpaired) electrons. The second-order valence-corrected chi connectivity index (χ2v) is 10.4. The molecule has 5 aliphatic rings. The van der Waals surface area contributed by atoms with E-state index < -0.39 is 0 Å². The van der Waals surface area contributed by atoms with Crippen LogP contribution in [-0.2, 0) is 0 Å². The fourth-order valence-corrected chi connectivity index (χ4v) is 6.72. The maximum absolute atomic E-state index is 5.65. The van der Waals surface area contributed by atoms with Gasteiger partial charge in [0.25, 0.3) is 0 Å². The van der Waals surface area contributed by atoms with E-state index in [0.29, 0.717) is 35.9 Å². The summed E-state index contributed by atoms with van der Waals surface area (Å²) in [4.78, 5) is 0. The molecule has 5 rings (SSSR count). The molecule has 8 atom stereocenters. The minimum Gasteiger partial charge on any atom is -0.362 e. The summed E-state index contributed by atoms with van der Waals surface area (Å²) in [5.41, 5.74) is 0. The number of hydrogen-bond donors (Lipinski definition) is 4. The SMILES string of the molecule is S=C(NC[C@@H]1CCC[C@@H]1NC(=S)N[C@@H]1C[C@H]2C=C[C@H]1C2)N[C@@H]1C[C@H]2C=C[C@H]1C2. The van der Waals surface area contributed by atoms with Gasteiger partial charge in [-0.25, -0.2) is 0 Å². The normalized spacial score (nSPS) is 42.1. The average Bonchev–Trinajstić information content (AvgIpc) is 3.47. The fourth-order valence-electron chi connectivity index (χ4n) is 6.19. The third kappa shape index (κ3) is 3.95. The molecule has 4 N–H and O–H groups in total. The Labute approximate surface area is 179 Å². The topological polar surface area (TPSA) is 48.1 Å². The van der Waals surface area contributed by atoms with E-state index in [-0.39, 0.29) is 0 Å². The Morgan fingerprint density at radius 2 is 1.32 bits per heavy atom. The zero-order valence-electron chi connectivity index (χ0n) is 16.4. The lowest BCUT2D eigenvalue weighted by Gasteiger charge is -2.27. The van der Waals surface area contributed by atoms with Crippen molar-refractivity contribution in [3.63, 3.8) is 0 Å². The van der Waals surface area contributed by atoms with Crippen molar-refractivity contribution < 1.29 is 0 Å². The van der Waals surface area contributed by atoms with Crippen LogP contribution < -0.4 is 21.3 Å². The molecule has 28 heavy (non-hydrogen) atoms. The molecule has 0 saturated heterocycles. The van der Waals surface area contributed by atoms with Gasteiger partial charge < -0.3 is 21.3 Å². The molecule has 4 nitrogen and oxygen atoms in total. The zero-order chi connectivity index (χ0) is 19.1. The smallest absolute Gasteiger partial charge is 0.166 e. The Kier molecular flexibility index (Phi) is 5.35. The monoisotopic (exact) mass is 416 g/mol. The van der Waals surface area contributed by atoms with Crippen molar-refractivity contribution in [2.24, 2.45) is 29.6 Å². The summed E-state index contributed by atoms with van der Waals surface area (Å²) in [6, 6.07) is 1.51. The van der Waals surface area contributed by atoms with E-state index in [9.17, 15) is 0 Å². The van der Waals surface area contributed by atoms with Crippen molar-refractivity contribution in [3.05, 3.63) is 24.3 Å². The van der Waals surface area contributed by atoms with Crippen LogP contribution in [0.25, 0.3) is 0 Å². The molecule has 0 aliphatic heterocycles. The molecule has 0 aromatic rings. The number of thiocarbonyl (C=S) groups is 2. The predicted molar refractivity (Wildman–Crippen MR) is 122 cm³/mol. The van der Waals surface area contributed by atoms with Crippen LogP contribution in [0.5, 0.6) is 0 Å². The summed E-state index contributed by atoms with van der Waals surface area (Å²) in [5, 5.41) is 15.9. The molecule has 5 aliphatic carbocycles. The Bertz CT molecular complexity index is 690. The number of rotatable bonds is 5. The number of fused-ring (bicyclic) bond motifs is 4. The summed E-state index contributed by atoms with van der Waals surface area (Å²) >= 11 is 11.2. The first-order chi connectivity index (χ1) is 13.6. The van der Waals surface area contributed by atoms with E-state index in [1.54, 1.807) is 0 Å². The van der Waals surface area contributed by atoms with Gasteiger partial charge in [-0.1, -0.05) is 30.7 Å². The summed E-state index contributed by atoms with van der Waals surface area (Å²) < 4.78 is 0. The number of hydrogen-bond acceptors (Lipinski definition) is 2. The van der Waals surface area contributed by atoms with Crippen LogP contribution in [-0.4, -0.2) is 34.9 Å². The molecule has 0 heterocycles. The first kappa shape index (κ1) is 18.9. The van der Waals surface area contributed by atoms with Crippen LogP contribution in [0.15, 0.2) is 24.3 Å². The Morgan fingerprint density at radius 1 is 0.714 bits per heavy atom. The summed E-state index contributed by atoms with van der Waals surface area (Å²) in [5.74, 6) is 3.48. The second-order valence-electron chi connectivity index (χ2n) is 9.54. The molecular formula is C22H32N4S2. The van der Waals surface area contributed by atoms with Crippen LogP contribution in [0.3, 0.4) is 0 Å². The van der Waals surface area contributed by atoms with Crippen LogP contribution >= 0.6 is 24.4 Å². The third-order valence-electron chi connectivity index (χ3n) is 7.69. The standard InChI is InChI=1S/C22H32N4S2/c27-21(25-19-10-13-4-6-15(19)8-13)23-12-17-2-1-3-18(17)24-22(28)26-20-11-14-5-7-16(20)9-14/h4-7,13-20H,1-3,8-12H2,(H2,23,25,27)(H2,24,26,28)/t13-,14-,15-,16-,17-,18-,19+,20+/m0/s1. The zero-order valence-corrected chi connectivity index (χ0v) is 18.0. The van der Waals surface area contributed by atoms with Gasteiger partial charge in [0.05, 0.1) is 0 Å². The van der Waals surface area contributed by atoms with Gasteiger partial charge in [0.2, 0.25) is 0 Å². The molecule has 6 heteroatoms. The Morgan fingerprint density at radius 3 is 1.89 bits per heavy atom. The molecule has 0 spiro atoms. The van der Waals surface area contributed by atoms with Gasteiger partial charge in [0.1, 0.15) is 0 Å². The lowest BCUT2D eigenvalue weighted by atomic mass is 10.0. The highest BCUT2D eigenvalue weighted by Crippen LogP contribution is 2.39. The van der Waals surface area contributed by atoms with E-state index in [1.165, 1.54) is 44.9 Å².